The number of hydrogen-bond donors (Lipinski definition) is 1. The molecule has 0 saturated heterocycles. The van der Waals surface area contributed by atoms with E-state index in [1.807, 2.05) is 6.07 Å². The Bertz CT molecular complexity index is 713. The Morgan fingerprint density at radius 1 is 1.19 bits per heavy atom. The van der Waals surface area contributed by atoms with Gasteiger partial charge >= 0.3 is 0 Å². The summed E-state index contributed by atoms with van der Waals surface area (Å²) in [4.78, 5) is 12.8. The van der Waals surface area contributed by atoms with Crippen LogP contribution in [0.3, 0.4) is 0 Å². The number of halogens is 2. The van der Waals surface area contributed by atoms with Gasteiger partial charge in [-0.25, -0.2) is 8.78 Å². The predicted molar refractivity (Wildman–Crippen MR) is 77.1 cm³/mol. The van der Waals surface area contributed by atoms with E-state index in [1.54, 1.807) is 24.3 Å². The Balaban J connectivity index is 2.20. The monoisotopic (exact) mass is 304 g/mol. The van der Waals surface area contributed by atoms with Gasteiger partial charge in [0, 0.05) is 16.6 Å². The van der Waals surface area contributed by atoms with Crippen LogP contribution < -0.4 is 5.32 Å². The quantitative estimate of drug-likeness (QED) is 0.873. The largest absolute Gasteiger partial charge is 0.322 e. The molecular weight excluding hydrogens is 294 g/mol. The Morgan fingerprint density at radius 3 is 2.67 bits per heavy atom. The molecule has 2 rings (SSSR count). The number of carbonyl (C=O) groups excluding carboxylic acids is 1. The molecule has 0 aliphatic rings. The van der Waals surface area contributed by atoms with E-state index in [2.05, 4.69) is 5.32 Å². The zero-order valence-electron chi connectivity index (χ0n) is 10.8. The lowest BCUT2D eigenvalue weighted by atomic mass is 10.2. The fourth-order valence-corrected chi connectivity index (χ4v) is 2.37. The molecule has 0 atom stereocenters. The SMILES string of the molecule is N#CCSc1ccccc1C(=O)Nc1ccc(F)c(F)c1. The van der Waals surface area contributed by atoms with Crippen LogP contribution in [0.15, 0.2) is 47.4 Å². The standard InChI is InChI=1S/C15H10F2N2OS/c16-12-6-5-10(9-13(12)17)19-15(20)11-3-1-2-4-14(11)21-8-7-18/h1-6,9H,8H2,(H,19,20). The molecule has 0 bridgehead atoms. The van der Waals surface area contributed by atoms with E-state index >= 15 is 0 Å². The van der Waals surface area contributed by atoms with Gasteiger partial charge in [0.15, 0.2) is 11.6 Å². The molecule has 2 aromatic rings. The first-order chi connectivity index (χ1) is 10.1. The number of thioether (sulfide) groups is 1. The first-order valence-electron chi connectivity index (χ1n) is 5.97. The number of carbonyl (C=O) groups is 1. The molecule has 0 radical (unpaired) electrons. The Morgan fingerprint density at radius 2 is 1.95 bits per heavy atom. The van der Waals surface area contributed by atoms with Crippen LogP contribution in [0.2, 0.25) is 0 Å². The van der Waals surface area contributed by atoms with Crippen molar-refractivity contribution in [3.05, 3.63) is 59.7 Å². The van der Waals surface area contributed by atoms with Crippen molar-refractivity contribution in [2.24, 2.45) is 0 Å². The minimum absolute atomic E-state index is 0.166. The highest BCUT2D eigenvalue weighted by Gasteiger charge is 2.12. The number of rotatable bonds is 4. The van der Waals surface area contributed by atoms with Gasteiger partial charge in [-0.1, -0.05) is 12.1 Å². The van der Waals surface area contributed by atoms with Crippen LogP contribution in [0.1, 0.15) is 10.4 Å². The maximum atomic E-state index is 13.1. The van der Waals surface area contributed by atoms with Crippen molar-refractivity contribution in [1.82, 2.24) is 0 Å². The van der Waals surface area contributed by atoms with E-state index in [1.165, 1.54) is 17.8 Å². The topological polar surface area (TPSA) is 52.9 Å². The molecular formula is C15H10F2N2OS. The summed E-state index contributed by atoms with van der Waals surface area (Å²) in [6, 6.07) is 11.9. The van der Waals surface area contributed by atoms with Gasteiger partial charge in [-0.05, 0) is 24.3 Å². The molecule has 0 saturated carbocycles. The van der Waals surface area contributed by atoms with E-state index < -0.39 is 17.5 Å². The van der Waals surface area contributed by atoms with Gasteiger partial charge in [-0.2, -0.15) is 5.26 Å². The zero-order valence-corrected chi connectivity index (χ0v) is 11.6. The molecule has 2 aromatic carbocycles. The summed E-state index contributed by atoms with van der Waals surface area (Å²) in [6.07, 6.45) is 0. The molecule has 0 aliphatic heterocycles. The average Bonchev–Trinajstić information content (AvgIpc) is 2.49. The smallest absolute Gasteiger partial charge is 0.256 e. The average molecular weight is 304 g/mol. The molecule has 0 aliphatic carbocycles. The first kappa shape index (κ1) is 15.0. The predicted octanol–water partition coefficient (Wildman–Crippen LogP) is 3.83. The molecule has 0 fully saturated rings. The number of amides is 1. The van der Waals surface area contributed by atoms with Crippen molar-refractivity contribution < 1.29 is 13.6 Å². The summed E-state index contributed by atoms with van der Waals surface area (Å²) >= 11 is 1.24. The minimum Gasteiger partial charge on any atom is -0.322 e. The summed E-state index contributed by atoms with van der Waals surface area (Å²) < 4.78 is 26.0. The molecule has 0 unspecified atom stereocenters. The van der Waals surface area contributed by atoms with Crippen molar-refractivity contribution >= 4 is 23.4 Å². The summed E-state index contributed by atoms with van der Waals surface area (Å²) in [7, 11) is 0. The Hall–Kier alpha value is -2.39. The fraction of sp³-hybridized carbons (Fsp3) is 0.0667. The van der Waals surface area contributed by atoms with Crippen molar-refractivity contribution in [3.8, 4) is 6.07 Å². The first-order valence-corrected chi connectivity index (χ1v) is 6.95. The minimum atomic E-state index is -1.03. The second-order valence-corrected chi connectivity index (χ2v) is 5.04. The number of hydrogen-bond acceptors (Lipinski definition) is 3. The van der Waals surface area contributed by atoms with Crippen LogP contribution >= 0.6 is 11.8 Å². The number of nitrogens with one attached hydrogen (secondary N) is 1. The molecule has 1 amide bonds. The molecule has 106 valence electrons. The third-order valence-corrected chi connectivity index (χ3v) is 3.54. The molecule has 0 aromatic heterocycles. The molecule has 0 heterocycles. The number of nitriles is 1. The molecule has 21 heavy (non-hydrogen) atoms. The van der Waals surface area contributed by atoms with Crippen LogP contribution in [0, 0.1) is 23.0 Å². The highest BCUT2D eigenvalue weighted by Crippen LogP contribution is 2.23. The second-order valence-electron chi connectivity index (χ2n) is 4.03. The highest BCUT2D eigenvalue weighted by molar-refractivity contribution is 7.99. The lowest BCUT2D eigenvalue weighted by Gasteiger charge is -2.09. The maximum Gasteiger partial charge on any atom is 0.256 e. The maximum absolute atomic E-state index is 13.1. The van der Waals surface area contributed by atoms with Crippen molar-refractivity contribution in [2.45, 2.75) is 4.90 Å². The number of nitrogens with zero attached hydrogens (tertiary/aromatic N) is 1. The summed E-state index contributed by atoms with van der Waals surface area (Å²) in [5, 5.41) is 11.1. The van der Waals surface area contributed by atoms with Gasteiger partial charge in [-0.3, -0.25) is 4.79 Å². The van der Waals surface area contributed by atoms with Crippen LogP contribution in [-0.2, 0) is 0 Å². The van der Waals surface area contributed by atoms with E-state index in [0.717, 1.165) is 12.1 Å². The normalized spacial score (nSPS) is 9.95. The van der Waals surface area contributed by atoms with Crippen LogP contribution in [0.5, 0.6) is 0 Å². The van der Waals surface area contributed by atoms with Gasteiger partial charge in [0.2, 0.25) is 0 Å². The highest BCUT2D eigenvalue weighted by atomic mass is 32.2. The second kappa shape index (κ2) is 6.86. The van der Waals surface area contributed by atoms with Crippen LogP contribution in [0.4, 0.5) is 14.5 Å². The Labute approximate surface area is 124 Å². The third kappa shape index (κ3) is 3.80. The van der Waals surface area contributed by atoms with Crippen molar-refractivity contribution in [2.75, 3.05) is 11.1 Å². The number of benzene rings is 2. The molecule has 3 nitrogen and oxygen atoms in total. The lowest BCUT2D eigenvalue weighted by Crippen LogP contribution is -2.13. The number of anilines is 1. The fourth-order valence-electron chi connectivity index (χ4n) is 1.66. The van der Waals surface area contributed by atoms with Crippen LogP contribution in [-0.4, -0.2) is 11.7 Å². The van der Waals surface area contributed by atoms with Gasteiger partial charge < -0.3 is 5.32 Å². The van der Waals surface area contributed by atoms with E-state index in [9.17, 15) is 13.6 Å². The van der Waals surface area contributed by atoms with Crippen LogP contribution in [0.25, 0.3) is 0 Å². The van der Waals surface area contributed by atoms with E-state index in [-0.39, 0.29) is 11.4 Å². The van der Waals surface area contributed by atoms with Gasteiger partial charge in [0.1, 0.15) is 0 Å². The van der Waals surface area contributed by atoms with E-state index in [0.29, 0.717) is 10.5 Å². The van der Waals surface area contributed by atoms with Gasteiger partial charge in [-0.15, -0.1) is 11.8 Å². The molecule has 0 spiro atoms. The Kier molecular flexibility index (Phi) is 4.90. The molecule has 1 N–H and O–H groups in total. The summed E-state index contributed by atoms with van der Waals surface area (Å²) in [5.74, 6) is -2.23. The third-order valence-electron chi connectivity index (χ3n) is 2.60. The van der Waals surface area contributed by atoms with E-state index in [4.69, 9.17) is 5.26 Å². The van der Waals surface area contributed by atoms with Crippen molar-refractivity contribution in [3.63, 3.8) is 0 Å². The van der Waals surface area contributed by atoms with Gasteiger partial charge in [0.25, 0.3) is 5.91 Å². The summed E-state index contributed by atoms with van der Waals surface area (Å²) in [6.45, 7) is 0. The zero-order chi connectivity index (χ0) is 15.2. The van der Waals surface area contributed by atoms with Crippen molar-refractivity contribution in [1.29, 1.82) is 5.26 Å². The van der Waals surface area contributed by atoms with Gasteiger partial charge in [0.05, 0.1) is 17.4 Å². The summed E-state index contributed by atoms with van der Waals surface area (Å²) in [5.41, 5.74) is 0.543. The lowest BCUT2D eigenvalue weighted by molar-refractivity contribution is 0.102. The molecule has 6 heteroatoms.